The molecule has 162 valence electrons. The minimum Gasteiger partial charge on any atom is -0.496 e. The van der Waals surface area contributed by atoms with E-state index >= 15 is 0 Å². The summed E-state index contributed by atoms with van der Waals surface area (Å²) >= 11 is 0. The summed E-state index contributed by atoms with van der Waals surface area (Å²) in [4.78, 5) is 17.1. The van der Waals surface area contributed by atoms with Gasteiger partial charge < -0.3 is 15.0 Å². The summed E-state index contributed by atoms with van der Waals surface area (Å²) in [6, 6.07) is 18.2. The zero-order valence-electron chi connectivity index (χ0n) is 18.5. The van der Waals surface area contributed by atoms with Crippen LogP contribution in [-0.2, 0) is 12.1 Å². The van der Waals surface area contributed by atoms with Crippen LogP contribution in [0.5, 0.6) is 5.75 Å². The minimum atomic E-state index is -0.203. The predicted octanol–water partition coefficient (Wildman–Crippen LogP) is 3.86. The van der Waals surface area contributed by atoms with Gasteiger partial charge in [0.2, 0.25) is 0 Å². The molecular formula is C25H30N4O2. The Hall–Kier alpha value is -3.04. The highest BCUT2D eigenvalue weighted by atomic mass is 16.5. The number of methoxy groups -OCH3 is 1. The van der Waals surface area contributed by atoms with E-state index in [1.54, 1.807) is 19.2 Å². The first-order chi connectivity index (χ1) is 14.9. The van der Waals surface area contributed by atoms with Crippen LogP contribution in [0.2, 0.25) is 0 Å². The van der Waals surface area contributed by atoms with Crippen molar-refractivity contribution in [2.45, 2.75) is 43.3 Å². The molecule has 1 aliphatic heterocycles. The lowest BCUT2D eigenvalue weighted by Gasteiger charge is -2.48. The number of rotatable bonds is 5. The first-order valence-corrected chi connectivity index (χ1v) is 10.8. The summed E-state index contributed by atoms with van der Waals surface area (Å²) in [7, 11) is 5.92. The number of nitrogens with one attached hydrogen (secondary N) is 1. The van der Waals surface area contributed by atoms with Gasteiger partial charge in [-0.2, -0.15) is 5.26 Å². The number of hydrogen-bond acceptors (Lipinski definition) is 4. The summed E-state index contributed by atoms with van der Waals surface area (Å²) in [6.45, 7) is 1.11. The molecule has 0 bridgehead atoms. The smallest absolute Gasteiger partial charge is 0.318 e. The molecule has 1 heterocycles. The van der Waals surface area contributed by atoms with Gasteiger partial charge in [0.1, 0.15) is 5.75 Å². The lowest BCUT2D eigenvalue weighted by atomic mass is 9.69. The quantitative estimate of drug-likeness (QED) is 0.801. The van der Waals surface area contributed by atoms with Crippen molar-refractivity contribution in [3.63, 3.8) is 0 Å². The van der Waals surface area contributed by atoms with E-state index in [0.29, 0.717) is 24.4 Å². The Morgan fingerprint density at radius 1 is 1.13 bits per heavy atom. The molecule has 1 N–H and O–H groups in total. The third-order valence-corrected chi connectivity index (χ3v) is 7.13. The second kappa shape index (κ2) is 8.24. The van der Waals surface area contributed by atoms with Gasteiger partial charge in [-0.15, -0.1) is 0 Å². The molecule has 1 saturated heterocycles. The summed E-state index contributed by atoms with van der Waals surface area (Å²) in [5.41, 5.74) is 2.56. The van der Waals surface area contributed by atoms with Crippen molar-refractivity contribution in [2.24, 2.45) is 0 Å². The number of hydrogen-bond donors (Lipinski definition) is 1. The van der Waals surface area contributed by atoms with Crippen molar-refractivity contribution in [3.05, 3.63) is 65.2 Å². The van der Waals surface area contributed by atoms with Crippen LogP contribution < -0.4 is 10.1 Å². The number of amides is 2. The fraction of sp³-hybridized carbons (Fsp3) is 0.440. The summed E-state index contributed by atoms with van der Waals surface area (Å²) in [6.07, 6.45) is 3.84. The van der Waals surface area contributed by atoms with Crippen molar-refractivity contribution in [1.82, 2.24) is 15.1 Å². The summed E-state index contributed by atoms with van der Waals surface area (Å²) < 4.78 is 5.46. The van der Waals surface area contributed by atoms with Gasteiger partial charge in [-0.05, 0) is 63.5 Å². The van der Waals surface area contributed by atoms with Gasteiger partial charge in [-0.3, -0.25) is 4.90 Å². The number of ether oxygens (including phenoxy) is 1. The maximum absolute atomic E-state index is 12.9. The van der Waals surface area contributed by atoms with Crippen LogP contribution in [0.1, 0.15) is 42.4 Å². The van der Waals surface area contributed by atoms with E-state index in [1.807, 2.05) is 11.0 Å². The van der Waals surface area contributed by atoms with Crippen molar-refractivity contribution in [1.29, 1.82) is 5.26 Å². The van der Waals surface area contributed by atoms with Crippen LogP contribution in [0, 0.1) is 11.3 Å². The van der Waals surface area contributed by atoms with Gasteiger partial charge in [0, 0.05) is 17.6 Å². The highest BCUT2D eigenvalue weighted by molar-refractivity contribution is 5.78. The molecule has 6 nitrogen and oxygen atoms in total. The van der Waals surface area contributed by atoms with Crippen LogP contribution in [0.3, 0.4) is 0 Å². The molecule has 6 heteroatoms. The normalized spacial score (nSPS) is 25.5. The third kappa shape index (κ3) is 3.86. The Bertz CT molecular complexity index is 988. The van der Waals surface area contributed by atoms with Gasteiger partial charge >= 0.3 is 6.03 Å². The van der Waals surface area contributed by atoms with E-state index in [1.165, 1.54) is 5.56 Å². The molecule has 0 radical (unpaired) electrons. The summed E-state index contributed by atoms with van der Waals surface area (Å²) in [5, 5.41) is 12.5. The fourth-order valence-electron chi connectivity index (χ4n) is 5.26. The molecule has 2 amide bonds. The zero-order chi connectivity index (χ0) is 22.1. The predicted molar refractivity (Wildman–Crippen MR) is 120 cm³/mol. The van der Waals surface area contributed by atoms with Gasteiger partial charge in [-0.25, -0.2) is 4.79 Å². The van der Waals surface area contributed by atoms with Crippen molar-refractivity contribution < 1.29 is 9.53 Å². The van der Waals surface area contributed by atoms with Crippen LogP contribution >= 0.6 is 0 Å². The SMILES string of the molecule is COc1ccc(C#N)cc1CN1CC2(CCC(c3ccccc3)(N(C)C)CC2)NC1=O. The van der Waals surface area contributed by atoms with E-state index in [2.05, 4.69) is 60.7 Å². The number of urea groups is 1. The van der Waals surface area contributed by atoms with Crippen molar-refractivity contribution >= 4 is 6.03 Å². The number of carbonyl (C=O) groups is 1. The first-order valence-electron chi connectivity index (χ1n) is 10.8. The second-order valence-corrected chi connectivity index (χ2v) is 9.00. The molecule has 0 unspecified atom stereocenters. The van der Waals surface area contributed by atoms with Gasteiger partial charge in [0.05, 0.1) is 30.8 Å². The number of nitrogens with zero attached hydrogens (tertiary/aromatic N) is 3. The van der Waals surface area contributed by atoms with Gasteiger partial charge in [0.25, 0.3) is 0 Å². The monoisotopic (exact) mass is 418 g/mol. The van der Waals surface area contributed by atoms with E-state index in [-0.39, 0.29) is 17.1 Å². The van der Waals surface area contributed by atoms with Crippen molar-refractivity contribution in [3.8, 4) is 11.8 Å². The Labute approximate surface area is 184 Å². The Morgan fingerprint density at radius 2 is 1.84 bits per heavy atom. The topological polar surface area (TPSA) is 68.6 Å². The average Bonchev–Trinajstić information content (AvgIpc) is 3.09. The third-order valence-electron chi connectivity index (χ3n) is 7.13. The molecule has 1 saturated carbocycles. The molecular weight excluding hydrogens is 388 g/mol. The van der Waals surface area contributed by atoms with Crippen molar-refractivity contribution in [2.75, 3.05) is 27.7 Å². The van der Waals surface area contributed by atoms with E-state index < -0.39 is 0 Å². The highest BCUT2D eigenvalue weighted by Gasteiger charge is 2.50. The maximum atomic E-state index is 12.9. The van der Waals surface area contributed by atoms with E-state index in [0.717, 1.165) is 31.2 Å². The number of benzene rings is 2. The molecule has 1 spiro atoms. The molecule has 2 aromatic carbocycles. The number of carbonyl (C=O) groups excluding carboxylic acids is 1. The lowest BCUT2D eigenvalue weighted by Crippen LogP contribution is -2.54. The van der Waals surface area contributed by atoms with Crippen LogP contribution in [0.25, 0.3) is 0 Å². The Morgan fingerprint density at radius 3 is 2.45 bits per heavy atom. The van der Waals surface area contributed by atoms with E-state index in [4.69, 9.17) is 4.74 Å². The number of nitriles is 1. The molecule has 1 aliphatic carbocycles. The molecule has 31 heavy (non-hydrogen) atoms. The van der Waals surface area contributed by atoms with Gasteiger partial charge in [0.15, 0.2) is 0 Å². The maximum Gasteiger partial charge on any atom is 0.318 e. The second-order valence-electron chi connectivity index (χ2n) is 9.00. The van der Waals surface area contributed by atoms with Crippen LogP contribution in [0.15, 0.2) is 48.5 Å². The molecule has 2 fully saturated rings. The molecule has 0 aromatic heterocycles. The lowest BCUT2D eigenvalue weighted by molar-refractivity contribution is 0.0617. The molecule has 2 aromatic rings. The zero-order valence-corrected chi connectivity index (χ0v) is 18.5. The Balaban J connectivity index is 1.51. The molecule has 0 atom stereocenters. The van der Waals surface area contributed by atoms with Crippen LogP contribution in [-0.4, -0.2) is 49.1 Å². The standard InChI is InChI=1S/C25H30N4O2/c1-28(2)25(21-7-5-4-6-8-21)13-11-24(12-14-25)18-29(23(30)27-24)17-20-15-19(16-26)9-10-22(20)31-3/h4-10,15H,11-14,17-18H2,1-3H3,(H,27,30). The van der Waals surface area contributed by atoms with Gasteiger partial charge in [-0.1, -0.05) is 30.3 Å². The summed E-state index contributed by atoms with van der Waals surface area (Å²) in [5.74, 6) is 0.701. The first kappa shape index (κ1) is 21.2. The average molecular weight is 419 g/mol. The largest absolute Gasteiger partial charge is 0.496 e. The van der Waals surface area contributed by atoms with E-state index in [9.17, 15) is 10.1 Å². The minimum absolute atomic E-state index is 0.00496. The Kier molecular flexibility index (Phi) is 5.63. The molecule has 4 rings (SSSR count). The molecule has 2 aliphatic rings. The highest BCUT2D eigenvalue weighted by Crippen LogP contribution is 2.46. The fourth-order valence-corrected chi connectivity index (χ4v) is 5.26. The van der Waals surface area contributed by atoms with Crippen LogP contribution in [0.4, 0.5) is 4.79 Å².